The first-order valence-electron chi connectivity index (χ1n) is 8.09. The van der Waals surface area contributed by atoms with E-state index in [4.69, 9.17) is 5.73 Å². The van der Waals surface area contributed by atoms with Crippen molar-refractivity contribution in [3.63, 3.8) is 0 Å². The fourth-order valence-electron chi connectivity index (χ4n) is 3.58. The summed E-state index contributed by atoms with van der Waals surface area (Å²) in [4.78, 5) is 22.6. The lowest BCUT2D eigenvalue weighted by Crippen LogP contribution is -2.16. The number of aliphatic hydroxyl groups is 1. The molecule has 0 unspecified atom stereocenters. The van der Waals surface area contributed by atoms with Crippen LogP contribution in [0.1, 0.15) is 18.0 Å². The van der Waals surface area contributed by atoms with E-state index in [0.717, 1.165) is 11.1 Å². The number of hydrogen-bond donors (Lipinski definition) is 3. The summed E-state index contributed by atoms with van der Waals surface area (Å²) >= 11 is 0. The van der Waals surface area contributed by atoms with Gasteiger partial charge in [0.25, 0.3) is 0 Å². The highest BCUT2D eigenvalue weighted by Gasteiger charge is 2.38. The maximum atomic E-state index is 11.9. The van der Waals surface area contributed by atoms with Gasteiger partial charge in [0.05, 0.1) is 18.5 Å². The van der Waals surface area contributed by atoms with Crippen molar-refractivity contribution in [1.29, 1.82) is 0 Å². The third-order valence-corrected chi connectivity index (χ3v) is 4.85. The molecule has 0 amide bonds. The van der Waals surface area contributed by atoms with Crippen LogP contribution in [0.5, 0.6) is 0 Å². The first-order chi connectivity index (χ1) is 12.0. The lowest BCUT2D eigenvalue weighted by atomic mass is 9.93. The number of nitrogen functional groups attached to an aromatic ring is 1. The number of hydrogen-bond acceptors (Lipinski definition) is 5. The van der Waals surface area contributed by atoms with Crippen LogP contribution >= 0.6 is 0 Å². The molecule has 25 heavy (non-hydrogen) atoms. The molecule has 0 aliphatic heterocycles. The molecule has 1 saturated carbocycles. The zero-order valence-corrected chi connectivity index (χ0v) is 13.5. The Morgan fingerprint density at radius 2 is 2.32 bits per heavy atom. The van der Waals surface area contributed by atoms with Gasteiger partial charge < -0.3 is 20.4 Å². The number of imidazole rings is 1. The van der Waals surface area contributed by atoms with Crippen LogP contribution in [0, 0.1) is 12.0 Å². The van der Waals surface area contributed by atoms with Gasteiger partial charge in [-0.05, 0) is 30.0 Å². The highest BCUT2D eigenvalue weighted by atomic mass is 16.3. The summed E-state index contributed by atoms with van der Waals surface area (Å²) in [5.74, 6) is -0.0363. The molecule has 0 bridgehead atoms. The molecule has 4 rings (SSSR count). The second kappa shape index (κ2) is 5.86. The third-order valence-electron chi connectivity index (χ3n) is 4.85. The van der Waals surface area contributed by atoms with Crippen molar-refractivity contribution in [2.75, 3.05) is 5.73 Å². The Morgan fingerprint density at radius 1 is 1.48 bits per heavy atom. The van der Waals surface area contributed by atoms with Gasteiger partial charge in [-0.25, -0.2) is 4.98 Å². The number of rotatable bonds is 3. The maximum absolute atomic E-state index is 11.9. The molecule has 1 aliphatic rings. The molecule has 0 spiro atoms. The molecule has 1 aliphatic carbocycles. The number of nitrogens with one attached hydrogen (secondary N) is 1. The number of H-pyrrole nitrogens is 1. The van der Waals surface area contributed by atoms with Crippen molar-refractivity contribution in [1.82, 2.24) is 19.5 Å². The minimum Gasteiger partial charge on any atom is -0.392 e. The molecule has 7 heteroatoms. The largest absolute Gasteiger partial charge is 0.392 e. The van der Waals surface area contributed by atoms with E-state index < -0.39 is 11.7 Å². The van der Waals surface area contributed by atoms with E-state index in [-0.39, 0.29) is 23.4 Å². The van der Waals surface area contributed by atoms with Gasteiger partial charge in [-0.15, -0.1) is 0 Å². The standard InChI is InChI=1S/C18H18N5O2/c1-10-12(7-11-5-3-2-4-6-11)14(24)8-13(10)23-9-20-15-16(23)21-18(19)22-17(15)25/h2-5,9,12-14,24H,1,7-8H2,(H3,19,21,22,25)/t12-,13+,14+/m1/s1. The molecule has 1 fully saturated rings. The molecule has 1 radical (unpaired) electrons. The van der Waals surface area contributed by atoms with E-state index in [2.05, 4.69) is 27.6 Å². The molecule has 7 nitrogen and oxygen atoms in total. The zero-order chi connectivity index (χ0) is 17.6. The van der Waals surface area contributed by atoms with Crippen LogP contribution in [0.3, 0.4) is 0 Å². The summed E-state index contributed by atoms with van der Waals surface area (Å²) in [6.07, 6.45) is 2.23. The lowest BCUT2D eigenvalue weighted by Gasteiger charge is -2.18. The van der Waals surface area contributed by atoms with Gasteiger partial charge in [0.1, 0.15) is 5.65 Å². The number of aromatic amines is 1. The van der Waals surface area contributed by atoms with Crippen LogP contribution in [0.25, 0.3) is 11.2 Å². The van der Waals surface area contributed by atoms with Crippen molar-refractivity contribution in [3.05, 3.63) is 64.7 Å². The van der Waals surface area contributed by atoms with Crippen molar-refractivity contribution < 1.29 is 5.11 Å². The number of aliphatic hydroxyl groups excluding tert-OH is 1. The van der Waals surface area contributed by atoms with Crippen LogP contribution in [0.4, 0.5) is 5.95 Å². The SMILES string of the molecule is C=C1[C@@H](Cc2[c]cccc2)[C@@H](O)C[C@@H]1n1cnc2c(=O)nc(N)[nH]c21. The molecular weight excluding hydrogens is 318 g/mol. The van der Waals surface area contributed by atoms with Crippen LogP contribution in [-0.2, 0) is 6.42 Å². The molecule has 127 valence electrons. The van der Waals surface area contributed by atoms with Crippen LogP contribution in [0.2, 0.25) is 0 Å². The topological polar surface area (TPSA) is 110 Å². The van der Waals surface area contributed by atoms with Gasteiger partial charge >= 0.3 is 5.56 Å². The van der Waals surface area contributed by atoms with Gasteiger partial charge in [0.15, 0.2) is 5.52 Å². The number of anilines is 1. The lowest BCUT2D eigenvalue weighted by molar-refractivity contribution is 0.138. The Hall–Kier alpha value is -2.93. The molecule has 0 saturated heterocycles. The van der Waals surface area contributed by atoms with Gasteiger partial charge in [-0.2, -0.15) is 4.98 Å². The monoisotopic (exact) mass is 336 g/mol. The normalized spacial score (nSPS) is 23.4. The van der Waals surface area contributed by atoms with Gasteiger partial charge in [0.2, 0.25) is 5.95 Å². The second-order valence-corrected chi connectivity index (χ2v) is 6.37. The second-order valence-electron chi connectivity index (χ2n) is 6.37. The average Bonchev–Trinajstić information content (AvgIpc) is 3.12. The summed E-state index contributed by atoms with van der Waals surface area (Å²) in [6.45, 7) is 4.21. The van der Waals surface area contributed by atoms with E-state index in [1.807, 2.05) is 28.8 Å². The van der Waals surface area contributed by atoms with E-state index in [1.54, 1.807) is 6.33 Å². The first kappa shape index (κ1) is 15.6. The fourth-order valence-corrected chi connectivity index (χ4v) is 3.58. The predicted molar refractivity (Wildman–Crippen MR) is 93.8 cm³/mol. The molecule has 2 heterocycles. The maximum Gasteiger partial charge on any atom is 0.302 e. The van der Waals surface area contributed by atoms with Crippen LogP contribution < -0.4 is 11.3 Å². The van der Waals surface area contributed by atoms with E-state index >= 15 is 0 Å². The molecule has 1 aromatic carbocycles. The quantitative estimate of drug-likeness (QED) is 0.623. The highest BCUT2D eigenvalue weighted by molar-refractivity contribution is 5.71. The van der Waals surface area contributed by atoms with Gasteiger partial charge in [-0.3, -0.25) is 4.79 Å². The minimum absolute atomic E-state index is 0.0406. The molecule has 2 aromatic heterocycles. The Bertz CT molecular complexity index is 992. The van der Waals surface area contributed by atoms with Gasteiger partial charge in [0, 0.05) is 5.92 Å². The zero-order valence-electron chi connectivity index (χ0n) is 13.5. The van der Waals surface area contributed by atoms with E-state index in [1.165, 1.54) is 0 Å². The fraction of sp³-hybridized carbons (Fsp3) is 0.278. The Balaban J connectivity index is 1.68. The molecular formula is C18H18N5O2. The molecule has 3 aromatic rings. The predicted octanol–water partition coefficient (Wildman–Crippen LogP) is 1.22. The highest BCUT2D eigenvalue weighted by Crippen LogP contribution is 2.41. The smallest absolute Gasteiger partial charge is 0.302 e. The molecule has 3 atom stereocenters. The van der Waals surface area contributed by atoms with E-state index in [9.17, 15) is 9.90 Å². The Kier molecular flexibility index (Phi) is 3.65. The Labute approximate surface area is 143 Å². The van der Waals surface area contributed by atoms with Gasteiger partial charge in [-0.1, -0.05) is 30.8 Å². The Morgan fingerprint density at radius 3 is 3.08 bits per heavy atom. The summed E-state index contributed by atoms with van der Waals surface area (Å²) in [6, 6.07) is 10.7. The average molecular weight is 336 g/mol. The van der Waals surface area contributed by atoms with Crippen LogP contribution in [-0.4, -0.2) is 30.7 Å². The van der Waals surface area contributed by atoms with Crippen molar-refractivity contribution >= 4 is 17.1 Å². The summed E-state index contributed by atoms with van der Waals surface area (Å²) < 4.78 is 1.81. The van der Waals surface area contributed by atoms with Crippen molar-refractivity contribution in [2.24, 2.45) is 5.92 Å². The molecule has 4 N–H and O–H groups in total. The summed E-state index contributed by atoms with van der Waals surface area (Å²) in [7, 11) is 0. The van der Waals surface area contributed by atoms with Crippen LogP contribution in [0.15, 0.2) is 47.5 Å². The summed E-state index contributed by atoms with van der Waals surface area (Å²) in [5, 5.41) is 10.6. The number of fused-ring (bicyclic) bond motifs is 1. The third kappa shape index (κ3) is 2.62. The first-order valence-corrected chi connectivity index (χ1v) is 8.09. The minimum atomic E-state index is -0.519. The van der Waals surface area contributed by atoms with E-state index in [0.29, 0.717) is 18.5 Å². The van der Waals surface area contributed by atoms with Crippen molar-refractivity contribution in [3.8, 4) is 0 Å². The number of benzene rings is 1. The van der Waals surface area contributed by atoms with Crippen molar-refractivity contribution in [2.45, 2.75) is 25.0 Å². The number of aromatic nitrogens is 4. The number of nitrogens with zero attached hydrogens (tertiary/aromatic N) is 3. The number of nitrogens with two attached hydrogens (primary N) is 1. The summed E-state index contributed by atoms with van der Waals surface area (Å²) in [5.41, 5.74) is 7.86.